The van der Waals surface area contributed by atoms with Gasteiger partial charge in [0.05, 0.1) is 6.10 Å². The molecule has 1 nitrogen and oxygen atoms in total. The Morgan fingerprint density at radius 3 is 2.00 bits per heavy atom. The lowest BCUT2D eigenvalue weighted by molar-refractivity contribution is 0.112. The van der Waals surface area contributed by atoms with Crippen molar-refractivity contribution in [2.45, 2.75) is 18.9 Å². The smallest absolute Gasteiger partial charge is 0.159 e. The van der Waals surface area contributed by atoms with Gasteiger partial charge in [0.25, 0.3) is 0 Å². The van der Waals surface area contributed by atoms with Crippen molar-refractivity contribution in [2.24, 2.45) is 0 Å². The summed E-state index contributed by atoms with van der Waals surface area (Å²) in [7, 11) is 1.61. The van der Waals surface area contributed by atoms with Crippen molar-refractivity contribution >= 4 is 0 Å². The zero-order chi connectivity index (χ0) is 9.42. The molecular formula is C10H10F2O. The third-order valence-electron chi connectivity index (χ3n) is 2.47. The number of ether oxygens (including phenoxy) is 1. The molecular weight excluding hydrogens is 174 g/mol. The summed E-state index contributed by atoms with van der Waals surface area (Å²) < 4.78 is 30.7. The zero-order valence-corrected chi connectivity index (χ0v) is 7.31. The van der Waals surface area contributed by atoms with Crippen molar-refractivity contribution in [3.8, 4) is 0 Å². The van der Waals surface area contributed by atoms with Crippen molar-refractivity contribution in [2.75, 3.05) is 7.11 Å². The molecule has 2 rings (SSSR count). The van der Waals surface area contributed by atoms with Gasteiger partial charge in [0, 0.05) is 7.11 Å². The molecule has 0 amide bonds. The molecule has 0 saturated carbocycles. The summed E-state index contributed by atoms with van der Waals surface area (Å²) in [4.78, 5) is 0. The maximum absolute atomic E-state index is 12.8. The molecule has 0 atom stereocenters. The molecule has 0 heterocycles. The minimum atomic E-state index is -0.768. The van der Waals surface area contributed by atoms with Crippen LogP contribution in [0.4, 0.5) is 8.78 Å². The van der Waals surface area contributed by atoms with E-state index >= 15 is 0 Å². The Bertz CT molecular complexity index is 305. The average Bonchev–Trinajstić information content (AvgIpc) is 2.48. The molecule has 0 radical (unpaired) electrons. The number of rotatable bonds is 1. The average molecular weight is 184 g/mol. The van der Waals surface area contributed by atoms with Gasteiger partial charge in [-0.2, -0.15) is 0 Å². The Kier molecular flexibility index (Phi) is 2.04. The Hall–Kier alpha value is -0.960. The van der Waals surface area contributed by atoms with Crippen LogP contribution < -0.4 is 0 Å². The molecule has 0 spiro atoms. The molecule has 0 bridgehead atoms. The molecule has 1 aliphatic rings. The van der Waals surface area contributed by atoms with Crippen LogP contribution >= 0.6 is 0 Å². The number of fused-ring (bicyclic) bond motifs is 1. The minimum absolute atomic E-state index is 0.0798. The second-order valence-corrected chi connectivity index (χ2v) is 3.30. The standard InChI is InChI=1S/C10H10F2O/c1-13-8-2-6-4-9(11)10(12)5-7(6)3-8/h4-5,8H,2-3H2,1H3. The van der Waals surface area contributed by atoms with Crippen LogP contribution in [0.25, 0.3) is 0 Å². The second-order valence-electron chi connectivity index (χ2n) is 3.30. The number of benzene rings is 1. The largest absolute Gasteiger partial charge is 0.381 e. The molecule has 1 aromatic carbocycles. The van der Waals surface area contributed by atoms with Gasteiger partial charge in [-0.05, 0) is 36.1 Å². The predicted molar refractivity (Wildman–Crippen MR) is 44.6 cm³/mol. The first-order chi connectivity index (χ1) is 6.20. The fourth-order valence-electron chi connectivity index (χ4n) is 1.74. The van der Waals surface area contributed by atoms with Crippen molar-refractivity contribution in [3.63, 3.8) is 0 Å². The molecule has 1 aliphatic carbocycles. The van der Waals surface area contributed by atoms with E-state index in [0.29, 0.717) is 12.8 Å². The molecule has 0 unspecified atom stereocenters. The lowest BCUT2D eigenvalue weighted by Crippen LogP contribution is -2.08. The van der Waals surface area contributed by atoms with Crippen LogP contribution in [-0.4, -0.2) is 13.2 Å². The Morgan fingerprint density at radius 2 is 1.62 bits per heavy atom. The van der Waals surface area contributed by atoms with E-state index in [4.69, 9.17) is 4.74 Å². The summed E-state index contributed by atoms with van der Waals surface area (Å²) >= 11 is 0. The van der Waals surface area contributed by atoms with Gasteiger partial charge in [0.1, 0.15) is 0 Å². The number of hydrogen-bond donors (Lipinski definition) is 0. The Balaban J connectivity index is 2.36. The van der Waals surface area contributed by atoms with Crippen molar-refractivity contribution < 1.29 is 13.5 Å². The van der Waals surface area contributed by atoms with E-state index in [-0.39, 0.29) is 6.10 Å². The van der Waals surface area contributed by atoms with E-state index in [1.807, 2.05) is 0 Å². The van der Waals surface area contributed by atoms with Gasteiger partial charge in [-0.15, -0.1) is 0 Å². The highest BCUT2D eigenvalue weighted by Crippen LogP contribution is 2.25. The maximum atomic E-state index is 12.8. The summed E-state index contributed by atoms with van der Waals surface area (Å²) in [6, 6.07) is 2.54. The lowest BCUT2D eigenvalue weighted by Gasteiger charge is -2.03. The topological polar surface area (TPSA) is 9.23 Å². The van der Waals surface area contributed by atoms with Gasteiger partial charge in [0.2, 0.25) is 0 Å². The van der Waals surface area contributed by atoms with Gasteiger partial charge < -0.3 is 4.74 Å². The first-order valence-electron chi connectivity index (χ1n) is 4.20. The van der Waals surface area contributed by atoms with E-state index in [1.165, 1.54) is 12.1 Å². The van der Waals surface area contributed by atoms with Gasteiger partial charge in [-0.1, -0.05) is 0 Å². The third kappa shape index (κ3) is 1.44. The molecule has 1 aromatic rings. The normalized spacial score (nSPS) is 16.2. The van der Waals surface area contributed by atoms with E-state index in [1.54, 1.807) is 7.11 Å². The van der Waals surface area contributed by atoms with Crippen molar-refractivity contribution in [3.05, 3.63) is 34.9 Å². The highest BCUT2D eigenvalue weighted by Gasteiger charge is 2.22. The quantitative estimate of drug-likeness (QED) is 0.649. The molecule has 0 aromatic heterocycles. The second kappa shape index (κ2) is 3.07. The van der Waals surface area contributed by atoms with E-state index in [2.05, 4.69) is 0 Å². The monoisotopic (exact) mass is 184 g/mol. The third-order valence-corrected chi connectivity index (χ3v) is 2.47. The summed E-state index contributed by atoms with van der Waals surface area (Å²) in [6.45, 7) is 0. The van der Waals surface area contributed by atoms with Gasteiger partial charge in [-0.25, -0.2) is 8.78 Å². The van der Waals surface area contributed by atoms with Crippen LogP contribution in [0.2, 0.25) is 0 Å². The van der Waals surface area contributed by atoms with E-state index in [9.17, 15) is 8.78 Å². The van der Waals surface area contributed by atoms with Gasteiger partial charge in [0.15, 0.2) is 11.6 Å². The lowest BCUT2D eigenvalue weighted by atomic mass is 10.1. The predicted octanol–water partition coefficient (Wildman–Crippen LogP) is 2.08. The Morgan fingerprint density at radius 1 is 1.15 bits per heavy atom. The molecule has 0 saturated heterocycles. The summed E-state index contributed by atoms with van der Waals surface area (Å²) in [5.41, 5.74) is 1.73. The fourth-order valence-corrected chi connectivity index (χ4v) is 1.74. The molecule has 0 aliphatic heterocycles. The van der Waals surface area contributed by atoms with Crippen LogP contribution in [0.1, 0.15) is 11.1 Å². The van der Waals surface area contributed by atoms with Crippen LogP contribution in [-0.2, 0) is 17.6 Å². The van der Waals surface area contributed by atoms with Crippen LogP contribution in [0.5, 0.6) is 0 Å². The summed E-state index contributed by atoms with van der Waals surface area (Å²) in [5.74, 6) is -1.54. The van der Waals surface area contributed by atoms with E-state index in [0.717, 1.165) is 11.1 Å². The molecule has 0 fully saturated rings. The van der Waals surface area contributed by atoms with Gasteiger partial charge in [-0.3, -0.25) is 0 Å². The highest BCUT2D eigenvalue weighted by atomic mass is 19.2. The van der Waals surface area contributed by atoms with Crippen LogP contribution in [0.15, 0.2) is 12.1 Å². The number of methoxy groups -OCH3 is 1. The van der Waals surface area contributed by atoms with Crippen LogP contribution in [0.3, 0.4) is 0 Å². The van der Waals surface area contributed by atoms with Crippen molar-refractivity contribution in [1.29, 1.82) is 0 Å². The highest BCUT2D eigenvalue weighted by molar-refractivity contribution is 5.34. The first-order valence-corrected chi connectivity index (χ1v) is 4.20. The van der Waals surface area contributed by atoms with Gasteiger partial charge >= 0.3 is 0 Å². The summed E-state index contributed by atoms with van der Waals surface area (Å²) in [6.07, 6.45) is 1.45. The number of halogens is 2. The molecule has 70 valence electrons. The number of hydrogen-bond acceptors (Lipinski definition) is 1. The Labute approximate surface area is 75.3 Å². The first kappa shape index (κ1) is 8.63. The zero-order valence-electron chi connectivity index (χ0n) is 7.31. The summed E-state index contributed by atoms with van der Waals surface area (Å²) in [5, 5.41) is 0. The minimum Gasteiger partial charge on any atom is -0.381 e. The van der Waals surface area contributed by atoms with Crippen LogP contribution in [0, 0.1) is 11.6 Å². The van der Waals surface area contributed by atoms with Crippen molar-refractivity contribution in [1.82, 2.24) is 0 Å². The SMILES string of the molecule is COC1Cc2cc(F)c(F)cc2C1. The molecule has 0 N–H and O–H groups in total. The fraction of sp³-hybridized carbons (Fsp3) is 0.400. The molecule has 3 heteroatoms. The maximum Gasteiger partial charge on any atom is 0.159 e. The molecule has 13 heavy (non-hydrogen) atoms. The van der Waals surface area contributed by atoms with E-state index < -0.39 is 11.6 Å².